The van der Waals surface area contributed by atoms with E-state index in [1.54, 1.807) is 25.5 Å². The van der Waals surface area contributed by atoms with Gasteiger partial charge in [-0.25, -0.2) is 9.97 Å². The maximum Gasteiger partial charge on any atom is 0.195 e. The number of ketones is 1. The first-order valence-electron chi connectivity index (χ1n) is 5.14. The van der Waals surface area contributed by atoms with Crippen molar-refractivity contribution >= 4 is 28.2 Å². The lowest BCUT2D eigenvalue weighted by Crippen LogP contribution is -1.92. The number of rotatable bonds is 2. The molecule has 3 aromatic rings. The maximum atomic E-state index is 11.6. The van der Waals surface area contributed by atoms with Gasteiger partial charge in [0.05, 0.1) is 0 Å². The van der Waals surface area contributed by atoms with E-state index < -0.39 is 0 Å². The Balaban J connectivity index is 2.37. The molecular weight excluding hydrogens is 234 g/mol. The largest absolute Gasteiger partial charge is 0.294 e. The second-order valence-corrected chi connectivity index (χ2v) is 4.53. The van der Waals surface area contributed by atoms with Crippen molar-refractivity contribution in [3.05, 3.63) is 41.7 Å². The van der Waals surface area contributed by atoms with Crippen molar-refractivity contribution in [2.75, 3.05) is 0 Å². The lowest BCUT2D eigenvalue weighted by atomic mass is 10.2. The number of Topliss-reactive ketones (excluding diaryl/α,β-unsaturated/α-hetero) is 1. The van der Waals surface area contributed by atoms with E-state index in [4.69, 9.17) is 0 Å². The average molecular weight is 243 g/mol. The molecule has 0 spiro atoms. The van der Waals surface area contributed by atoms with Crippen LogP contribution in [0.1, 0.15) is 17.3 Å². The minimum Gasteiger partial charge on any atom is -0.294 e. The van der Waals surface area contributed by atoms with Crippen LogP contribution < -0.4 is 0 Å². The molecule has 4 nitrogen and oxygen atoms in total. The zero-order chi connectivity index (χ0) is 11.8. The molecule has 0 radical (unpaired) electrons. The van der Waals surface area contributed by atoms with E-state index in [0.717, 1.165) is 16.2 Å². The van der Waals surface area contributed by atoms with E-state index >= 15 is 0 Å². The summed E-state index contributed by atoms with van der Waals surface area (Å²) in [7, 11) is 0. The highest BCUT2D eigenvalue weighted by Crippen LogP contribution is 2.24. The van der Waals surface area contributed by atoms with Gasteiger partial charge in [0, 0.05) is 34.9 Å². The van der Waals surface area contributed by atoms with Crippen LogP contribution >= 0.6 is 11.3 Å². The monoisotopic (exact) mass is 243 g/mol. The third-order valence-corrected chi connectivity index (χ3v) is 3.34. The maximum absolute atomic E-state index is 11.6. The lowest BCUT2D eigenvalue weighted by Gasteiger charge is -1.97. The first-order chi connectivity index (χ1) is 8.27. The Hall–Kier alpha value is -2.01. The summed E-state index contributed by atoms with van der Waals surface area (Å²) in [5, 5.41) is 3.59. The second-order valence-electron chi connectivity index (χ2n) is 3.66. The third-order valence-electron chi connectivity index (χ3n) is 2.57. The molecule has 0 bridgehead atoms. The summed E-state index contributed by atoms with van der Waals surface area (Å²) in [5.74, 6) is 0.0401. The van der Waals surface area contributed by atoms with Gasteiger partial charge >= 0.3 is 0 Å². The molecule has 0 aliphatic heterocycles. The molecule has 3 aromatic heterocycles. The van der Waals surface area contributed by atoms with Gasteiger partial charge in [0.25, 0.3) is 0 Å². The number of fused-ring (bicyclic) bond motifs is 1. The molecule has 0 aliphatic carbocycles. The van der Waals surface area contributed by atoms with Crippen LogP contribution in [0.2, 0.25) is 0 Å². The molecule has 3 heterocycles. The van der Waals surface area contributed by atoms with Crippen molar-refractivity contribution < 1.29 is 4.79 Å². The number of aromatic nitrogens is 3. The highest BCUT2D eigenvalue weighted by atomic mass is 32.1. The molecule has 0 N–H and O–H groups in total. The molecule has 0 unspecified atom stereocenters. The smallest absolute Gasteiger partial charge is 0.195 e. The van der Waals surface area contributed by atoms with Crippen LogP contribution in [0.5, 0.6) is 0 Å². The van der Waals surface area contributed by atoms with Gasteiger partial charge in [-0.2, -0.15) is 0 Å². The van der Waals surface area contributed by atoms with Gasteiger partial charge in [0.1, 0.15) is 5.65 Å². The summed E-state index contributed by atoms with van der Waals surface area (Å²) < 4.78 is 1.86. The lowest BCUT2D eigenvalue weighted by molar-refractivity contribution is 0.101. The molecule has 3 rings (SSSR count). The number of carbonyl (C=O) groups excluding carboxylic acids is 1. The van der Waals surface area contributed by atoms with Gasteiger partial charge in [-0.05, 0) is 19.1 Å². The third kappa shape index (κ3) is 1.55. The minimum absolute atomic E-state index is 0.0401. The number of carbonyl (C=O) groups is 1. The van der Waals surface area contributed by atoms with Crippen LogP contribution in [-0.2, 0) is 0 Å². The van der Waals surface area contributed by atoms with Crippen LogP contribution in [0, 0.1) is 0 Å². The van der Waals surface area contributed by atoms with E-state index in [1.807, 2.05) is 22.1 Å². The van der Waals surface area contributed by atoms with E-state index in [9.17, 15) is 4.79 Å². The van der Waals surface area contributed by atoms with Gasteiger partial charge in [0.2, 0.25) is 0 Å². The summed E-state index contributed by atoms with van der Waals surface area (Å²) >= 11 is 1.52. The molecule has 0 saturated heterocycles. The molecule has 0 aromatic carbocycles. The summed E-state index contributed by atoms with van der Waals surface area (Å²) in [4.78, 5) is 20.1. The Labute approximate surface area is 102 Å². The van der Waals surface area contributed by atoms with Crippen molar-refractivity contribution in [3.8, 4) is 5.13 Å². The molecule has 0 fully saturated rings. The Morgan fingerprint density at radius 1 is 1.35 bits per heavy atom. The van der Waals surface area contributed by atoms with Crippen LogP contribution in [0.15, 0.2) is 36.1 Å². The van der Waals surface area contributed by atoms with Gasteiger partial charge in [-0.1, -0.05) is 0 Å². The number of nitrogens with zero attached hydrogens (tertiary/aromatic N) is 3. The van der Waals surface area contributed by atoms with Crippen LogP contribution in [-0.4, -0.2) is 20.3 Å². The van der Waals surface area contributed by atoms with E-state index in [-0.39, 0.29) is 5.78 Å². The van der Waals surface area contributed by atoms with Crippen molar-refractivity contribution in [1.29, 1.82) is 0 Å². The van der Waals surface area contributed by atoms with Crippen molar-refractivity contribution in [1.82, 2.24) is 14.5 Å². The Morgan fingerprint density at radius 3 is 2.94 bits per heavy atom. The van der Waals surface area contributed by atoms with Gasteiger partial charge in [0.15, 0.2) is 10.9 Å². The Bertz CT molecular complexity index is 685. The van der Waals surface area contributed by atoms with E-state index in [0.29, 0.717) is 5.56 Å². The summed E-state index contributed by atoms with van der Waals surface area (Å²) in [6, 6.07) is 3.74. The highest BCUT2D eigenvalue weighted by Gasteiger charge is 2.14. The standard InChI is InChI=1S/C12H9N3OS/c1-8(16)10-7-15(12-14-5-6-17-12)11-9(10)3-2-4-13-11/h2-7H,1H3. The zero-order valence-electron chi connectivity index (χ0n) is 9.12. The summed E-state index contributed by atoms with van der Waals surface area (Å²) in [5.41, 5.74) is 1.45. The van der Waals surface area contributed by atoms with Crippen molar-refractivity contribution in [2.45, 2.75) is 6.92 Å². The van der Waals surface area contributed by atoms with Gasteiger partial charge in [-0.3, -0.25) is 9.36 Å². The number of pyridine rings is 1. The first-order valence-corrected chi connectivity index (χ1v) is 6.02. The van der Waals surface area contributed by atoms with Crippen LogP contribution in [0.4, 0.5) is 0 Å². The normalized spacial score (nSPS) is 10.9. The molecule has 0 atom stereocenters. The Kier molecular flexibility index (Phi) is 2.26. The molecular formula is C12H9N3OS. The van der Waals surface area contributed by atoms with Gasteiger partial charge in [-0.15, -0.1) is 11.3 Å². The quantitative estimate of drug-likeness (QED) is 0.650. The molecule has 5 heteroatoms. The van der Waals surface area contributed by atoms with E-state index in [2.05, 4.69) is 9.97 Å². The fourth-order valence-corrected chi connectivity index (χ4v) is 2.44. The topological polar surface area (TPSA) is 47.8 Å². The van der Waals surface area contributed by atoms with E-state index in [1.165, 1.54) is 11.3 Å². The zero-order valence-corrected chi connectivity index (χ0v) is 9.94. The number of hydrogen-bond acceptors (Lipinski definition) is 4. The molecule has 0 aliphatic rings. The predicted molar refractivity (Wildman–Crippen MR) is 66.7 cm³/mol. The fourth-order valence-electron chi connectivity index (χ4n) is 1.82. The first kappa shape index (κ1) is 10.2. The molecule has 17 heavy (non-hydrogen) atoms. The van der Waals surface area contributed by atoms with Crippen molar-refractivity contribution in [2.24, 2.45) is 0 Å². The average Bonchev–Trinajstić information content (AvgIpc) is 2.95. The van der Waals surface area contributed by atoms with Gasteiger partial charge < -0.3 is 0 Å². The second kappa shape index (κ2) is 3.78. The molecule has 0 amide bonds. The SMILES string of the molecule is CC(=O)c1cn(-c2nccs2)c2ncccc12. The van der Waals surface area contributed by atoms with Crippen molar-refractivity contribution in [3.63, 3.8) is 0 Å². The molecule has 84 valence electrons. The molecule has 0 saturated carbocycles. The minimum atomic E-state index is 0.0401. The fraction of sp³-hybridized carbons (Fsp3) is 0.0833. The number of thiazole rings is 1. The predicted octanol–water partition coefficient (Wildman–Crippen LogP) is 2.68. The summed E-state index contributed by atoms with van der Waals surface area (Å²) in [6.07, 6.45) is 5.26. The highest BCUT2D eigenvalue weighted by molar-refractivity contribution is 7.12. The van der Waals surface area contributed by atoms with Crippen LogP contribution in [0.25, 0.3) is 16.2 Å². The van der Waals surface area contributed by atoms with Crippen LogP contribution in [0.3, 0.4) is 0 Å². The number of hydrogen-bond donors (Lipinski definition) is 0. The summed E-state index contributed by atoms with van der Waals surface area (Å²) in [6.45, 7) is 1.56. The Morgan fingerprint density at radius 2 is 2.24 bits per heavy atom.